The van der Waals surface area contributed by atoms with E-state index in [1.54, 1.807) is 19.9 Å². The third-order valence-corrected chi connectivity index (χ3v) is 7.32. The van der Waals surface area contributed by atoms with Gasteiger partial charge in [-0.15, -0.1) is 0 Å². The van der Waals surface area contributed by atoms with Gasteiger partial charge in [-0.05, 0) is 38.5 Å². The van der Waals surface area contributed by atoms with Crippen molar-refractivity contribution in [2.24, 2.45) is 0 Å². The van der Waals surface area contributed by atoms with Crippen molar-refractivity contribution >= 4 is 33.3 Å². The molecule has 0 bridgehead atoms. The second kappa shape index (κ2) is 5.28. The van der Waals surface area contributed by atoms with Crippen molar-refractivity contribution < 1.29 is 33.3 Å². The molecule has 3 aromatic rings. The Morgan fingerprint density at radius 1 is 1.03 bits per heavy atom. The van der Waals surface area contributed by atoms with E-state index in [1.165, 1.54) is 12.1 Å². The summed E-state index contributed by atoms with van der Waals surface area (Å²) in [6.45, 7) is 5.74. The number of hydrogen-bond acceptors (Lipinski definition) is 8. The minimum Gasteiger partial charge on any atom is -0.507 e. The fourth-order valence-corrected chi connectivity index (χ4v) is 5.20. The highest BCUT2D eigenvalue weighted by atomic mass is 16.7. The number of carbonyl (C=O) groups is 2. The van der Waals surface area contributed by atoms with Crippen molar-refractivity contribution in [3.05, 3.63) is 50.9 Å². The van der Waals surface area contributed by atoms with E-state index in [2.05, 4.69) is 0 Å². The molecule has 8 nitrogen and oxygen atoms in total. The lowest BCUT2D eigenvalue weighted by Gasteiger charge is -2.19. The summed E-state index contributed by atoms with van der Waals surface area (Å²) < 4.78 is 22.7. The molecule has 3 fully saturated rings. The molecule has 0 radical (unpaired) electrons. The molecule has 5 unspecified atom stereocenters. The van der Waals surface area contributed by atoms with Gasteiger partial charge in [0.25, 0.3) is 0 Å². The maximum atomic E-state index is 13.1. The Morgan fingerprint density at radius 2 is 1.78 bits per heavy atom. The Labute approximate surface area is 180 Å². The molecule has 3 saturated heterocycles. The van der Waals surface area contributed by atoms with Crippen LogP contribution in [0.5, 0.6) is 5.75 Å². The summed E-state index contributed by atoms with van der Waals surface area (Å²) in [6.07, 6.45) is -1.05. The highest BCUT2D eigenvalue weighted by Crippen LogP contribution is 2.52. The number of hydrogen-bond donors (Lipinski definition) is 1. The largest absolute Gasteiger partial charge is 0.507 e. The highest BCUT2D eigenvalue weighted by Gasteiger charge is 2.66. The molecule has 5 atom stereocenters. The van der Waals surface area contributed by atoms with E-state index in [9.17, 15) is 19.5 Å². The van der Waals surface area contributed by atoms with Gasteiger partial charge in [-0.25, -0.2) is 0 Å². The van der Waals surface area contributed by atoms with Gasteiger partial charge in [0.1, 0.15) is 29.3 Å². The van der Waals surface area contributed by atoms with E-state index in [4.69, 9.17) is 18.6 Å². The van der Waals surface area contributed by atoms with Crippen LogP contribution in [0.1, 0.15) is 45.9 Å². The van der Waals surface area contributed by atoms with Crippen LogP contribution in [0.15, 0.2) is 27.4 Å². The second-order valence-electron chi connectivity index (χ2n) is 9.43. The highest BCUT2D eigenvalue weighted by molar-refractivity contribution is 6.27. The second-order valence-corrected chi connectivity index (χ2v) is 9.43. The van der Waals surface area contributed by atoms with Gasteiger partial charge >= 0.3 is 0 Å². The van der Waals surface area contributed by atoms with Crippen molar-refractivity contribution in [2.45, 2.75) is 50.3 Å². The molecule has 1 N–H and O–H groups in total. The average molecular weight is 434 g/mol. The summed E-state index contributed by atoms with van der Waals surface area (Å²) in [4.78, 5) is 38.9. The van der Waals surface area contributed by atoms with Crippen LogP contribution in [0, 0.1) is 6.92 Å². The van der Waals surface area contributed by atoms with E-state index in [0.717, 1.165) is 0 Å². The van der Waals surface area contributed by atoms with Gasteiger partial charge in [0, 0.05) is 22.4 Å². The zero-order valence-electron chi connectivity index (χ0n) is 17.5. The predicted octanol–water partition coefficient (Wildman–Crippen LogP) is 2.51. The molecule has 7 rings (SSSR count). The normalized spacial score (nSPS) is 34.5. The fraction of sp³-hybridized carbons (Fsp3) is 0.375. The van der Waals surface area contributed by atoms with Crippen molar-refractivity contribution in [2.75, 3.05) is 6.61 Å². The van der Waals surface area contributed by atoms with E-state index >= 15 is 0 Å². The number of aromatic hydroxyl groups is 1. The summed E-state index contributed by atoms with van der Waals surface area (Å²) in [6, 6.07) is 4.60. The summed E-state index contributed by atoms with van der Waals surface area (Å²) in [5.41, 5.74) is -1.37. The number of ether oxygens (including phenoxy) is 3. The van der Waals surface area contributed by atoms with Crippen LogP contribution >= 0.6 is 0 Å². The average Bonchev–Trinajstić information content (AvgIpc) is 3.62. The number of carbonyl (C=O) groups excluding carboxylic acids is 2. The maximum Gasteiger partial charge on any atom is 0.202 e. The molecule has 32 heavy (non-hydrogen) atoms. The summed E-state index contributed by atoms with van der Waals surface area (Å²) >= 11 is 0. The molecule has 1 aliphatic carbocycles. The summed E-state index contributed by atoms with van der Waals surface area (Å²) in [5.74, 6) is -0.729. The molecule has 4 heterocycles. The Balaban J connectivity index is 1.54. The maximum absolute atomic E-state index is 13.1. The van der Waals surface area contributed by atoms with Crippen molar-refractivity contribution in [1.29, 1.82) is 0 Å². The molecule has 162 valence electrons. The number of fused-ring (bicyclic) bond motifs is 5. The molecule has 4 aliphatic rings. The molecule has 0 saturated carbocycles. The number of Topliss-reactive ketones (excluding diaryl/α,β-unsaturated/α-hetero) is 2. The molecular formula is C24H18O8. The molecular weight excluding hydrogens is 416 g/mol. The standard InChI is InChI=1S/C24H18O8/c1-8-4-9-10(5-11-16(17(9)26)20(28)24(3)22(32-24)18(11)27)19-15(8)12(25)6-14(30-19)23(2)21(31-23)13-7-29-13/h4-6,13,21-22,26H,7H2,1-3H3. The molecule has 0 spiro atoms. The van der Waals surface area contributed by atoms with Crippen LogP contribution in [-0.2, 0) is 19.8 Å². The zero-order chi connectivity index (χ0) is 22.3. The van der Waals surface area contributed by atoms with Gasteiger partial charge in [-0.3, -0.25) is 14.4 Å². The Hall–Kier alpha value is -3.07. The minimum absolute atomic E-state index is 0.0113. The SMILES string of the molecule is Cc1cc2c(O)c3c(cc2c2oc(C4(C)OC4C4CO4)cc(=O)c12)C(=O)C1OC1(C)C3=O. The number of epoxide rings is 3. The molecule has 2 aromatic carbocycles. The minimum atomic E-state index is -1.22. The first-order chi connectivity index (χ1) is 15.1. The first-order valence-electron chi connectivity index (χ1n) is 10.5. The van der Waals surface area contributed by atoms with Gasteiger partial charge in [-0.2, -0.15) is 0 Å². The van der Waals surface area contributed by atoms with Crippen molar-refractivity contribution in [3.8, 4) is 5.75 Å². The topological polar surface area (TPSA) is 122 Å². The number of ketones is 2. The molecule has 8 heteroatoms. The molecule has 3 aliphatic heterocycles. The van der Waals surface area contributed by atoms with E-state index < -0.39 is 23.1 Å². The lowest BCUT2D eigenvalue weighted by molar-refractivity contribution is 0.0872. The zero-order valence-corrected chi connectivity index (χ0v) is 17.5. The van der Waals surface area contributed by atoms with Crippen molar-refractivity contribution in [3.63, 3.8) is 0 Å². The third kappa shape index (κ3) is 2.05. The quantitative estimate of drug-likeness (QED) is 0.482. The van der Waals surface area contributed by atoms with E-state index in [-0.39, 0.29) is 45.9 Å². The van der Waals surface area contributed by atoms with Crippen LogP contribution in [0.2, 0.25) is 0 Å². The number of rotatable bonds is 2. The van der Waals surface area contributed by atoms with E-state index in [1.807, 2.05) is 6.92 Å². The Bertz CT molecular complexity index is 1510. The van der Waals surface area contributed by atoms with Crippen LogP contribution < -0.4 is 5.43 Å². The van der Waals surface area contributed by atoms with Crippen LogP contribution in [-0.4, -0.2) is 47.2 Å². The lowest BCUT2D eigenvalue weighted by atomic mass is 9.80. The Kier molecular flexibility index (Phi) is 3.05. The third-order valence-electron chi connectivity index (χ3n) is 7.32. The number of phenolic OH excluding ortho intramolecular Hbond substituents is 1. The predicted molar refractivity (Wildman–Crippen MR) is 110 cm³/mol. The smallest absolute Gasteiger partial charge is 0.202 e. The fourth-order valence-electron chi connectivity index (χ4n) is 5.20. The van der Waals surface area contributed by atoms with Crippen molar-refractivity contribution in [1.82, 2.24) is 0 Å². The van der Waals surface area contributed by atoms with Gasteiger partial charge in [0.15, 0.2) is 28.5 Å². The number of benzene rings is 2. The van der Waals surface area contributed by atoms with Gasteiger partial charge in [0.05, 0.1) is 17.6 Å². The Morgan fingerprint density at radius 3 is 2.50 bits per heavy atom. The first kappa shape index (κ1) is 18.5. The number of phenols is 1. The van der Waals surface area contributed by atoms with Gasteiger partial charge < -0.3 is 23.7 Å². The van der Waals surface area contributed by atoms with Gasteiger partial charge in [-0.1, -0.05) is 0 Å². The van der Waals surface area contributed by atoms with E-state index in [0.29, 0.717) is 34.1 Å². The monoisotopic (exact) mass is 434 g/mol. The molecule has 1 aromatic heterocycles. The van der Waals surface area contributed by atoms with Gasteiger partial charge in [0.2, 0.25) is 5.78 Å². The summed E-state index contributed by atoms with van der Waals surface area (Å²) in [7, 11) is 0. The van der Waals surface area contributed by atoms with Crippen LogP contribution in [0.3, 0.4) is 0 Å². The van der Waals surface area contributed by atoms with Crippen LogP contribution in [0.4, 0.5) is 0 Å². The number of aryl methyl sites for hydroxylation is 1. The first-order valence-corrected chi connectivity index (χ1v) is 10.5. The van der Waals surface area contributed by atoms with Crippen LogP contribution in [0.25, 0.3) is 21.7 Å². The molecule has 0 amide bonds. The lowest BCUT2D eigenvalue weighted by Crippen LogP contribution is -2.34. The summed E-state index contributed by atoms with van der Waals surface area (Å²) in [5, 5.41) is 12.1.